The molecule has 37 heavy (non-hydrogen) atoms. The SMILES string of the molecule is COc1cccc(C2OC(CC(=O)O)c3nnc(C(F)(F)F)n3-c3c(OCCCO)cc(Cl)cc32)c1Cl. The minimum Gasteiger partial charge on any atom is -0.495 e. The predicted octanol–water partition coefficient (Wildman–Crippen LogP) is 5.00. The smallest absolute Gasteiger partial charge is 0.452 e. The van der Waals surface area contributed by atoms with Gasteiger partial charge < -0.3 is 24.4 Å². The first-order valence-electron chi connectivity index (χ1n) is 10.9. The monoisotopic (exact) mass is 561 g/mol. The van der Waals surface area contributed by atoms with Gasteiger partial charge in [0.1, 0.15) is 23.7 Å². The van der Waals surface area contributed by atoms with Crippen molar-refractivity contribution in [1.82, 2.24) is 14.8 Å². The molecule has 2 unspecified atom stereocenters. The summed E-state index contributed by atoms with van der Waals surface area (Å²) in [6.07, 6.45) is -8.18. The predicted molar refractivity (Wildman–Crippen MR) is 124 cm³/mol. The lowest BCUT2D eigenvalue weighted by molar-refractivity contribution is -0.146. The van der Waals surface area contributed by atoms with Crippen LogP contribution < -0.4 is 9.47 Å². The molecular weight excluding hydrogens is 542 g/mol. The Morgan fingerprint density at radius 2 is 1.95 bits per heavy atom. The number of halogens is 5. The van der Waals surface area contributed by atoms with Crippen LogP contribution in [-0.4, -0.2) is 51.3 Å². The van der Waals surface area contributed by atoms with Gasteiger partial charge in [-0.2, -0.15) is 13.2 Å². The molecule has 1 aliphatic rings. The van der Waals surface area contributed by atoms with Gasteiger partial charge in [0, 0.05) is 35.2 Å². The highest BCUT2D eigenvalue weighted by atomic mass is 35.5. The van der Waals surface area contributed by atoms with E-state index in [1.54, 1.807) is 18.2 Å². The first kappa shape index (κ1) is 27.0. The molecule has 2 aromatic carbocycles. The van der Waals surface area contributed by atoms with E-state index in [1.807, 2.05) is 0 Å². The lowest BCUT2D eigenvalue weighted by atomic mass is 9.98. The number of aromatic nitrogens is 3. The second-order valence-electron chi connectivity index (χ2n) is 7.95. The lowest BCUT2D eigenvalue weighted by Crippen LogP contribution is -2.18. The number of hydrogen-bond acceptors (Lipinski definition) is 7. The Hall–Kier alpha value is -3.06. The zero-order valence-electron chi connectivity index (χ0n) is 19.1. The van der Waals surface area contributed by atoms with Gasteiger partial charge in [0.2, 0.25) is 5.82 Å². The molecule has 3 aromatic rings. The van der Waals surface area contributed by atoms with Crippen molar-refractivity contribution in [2.45, 2.75) is 31.2 Å². The van der Waals surface area contributed by atoms with E-state index in [4.69, 9.17) is 42.5 Å². The molecular formula is C23H20Cl2F3N3O6. The minimum atomic E-state index is -4.97. The molecule has 0 fully saturated rings. The number of aliphatic hydroxyl groups is 1. The van der Waals surface area contributed by atoms with E-state index >= 15 is 0 Å². The Morgan fingerprint density at radius 3 is 2.59 bits per heavy atom. The number of hydrogen-bond donors (Lipinski definition) is 2. The van der Waals surface area contributed by atoms with Crippen LogP contribution in [0, 0.1) is 0 Å². The summed E-state index contributed by atoms with van der Waals surface area (Å²) in [7, 11) is 1.39. The first-order valence-corrected chi connectivity index (χ1v) is 11.6. The fourth-order valence-electron chi connectivity index (χ4n) is 4.02. The van der Waals surface area contributed by atoms with Crippen molar-refractivity contribution in [2.24, 2.45) is 0 Å². The fraction of sp³-hybridized carbons (Fsp3) is 0.348. The number of carbonyl (C=O) groups is 1. The molecule has 4 rings (SSSR count). The lowest BCUT2D eigenvalue weighted by Gasteiger charge is -2.24. The molecule has 198 valence electrons. The molecule has 0 saturated heterocycles. The van der Waals surface area contributed by atoms with Crippen LogP contribution in [0.2, 0.25) is 10.0 Å². The molecule has 0 amide bonds. The molecule has 0 spiro atoms. The molecule has 0 bridgehead atoms. The molecule has 0 radical (unpaired) electrons. The van der Waals surface area contributed by atoms with Crippen molar-refractivity contribution in [2.75, 3.05) is 20.3 Å². The van der Waals surface area contributed by atoms with E-state index in [0.29, 0.717) is 4.57 Å². The van der Waals surface area contributed by atoms with Gasteiger partial charge in [-0.1, -0.05) is 35.3 Å². The van der Waals surface area contributed by atoms with Gasteiger partial charge in [-0.05, 0) is 12.1 Å². The Morgan fingerprint density at radius 1 is 1.19 bits per heavy atom. The number of nitrogens with zero attached hydrogens (tertiary/aromatic N) is 3. The van der Waals surface area contributed by atoms with Crippen LogP contribution in [0.1, 0.15) is 47.8 Å². The summed E-state index contributed by atoms with van der Waals surface area (Å²) in [5.74, 6) is -2.96. The molecule has 2 heterocycles. The number of rotatable bonds is 8. The summed E-state index contributed by atoms with van der Waals surface area (Å²) in [5.41, 5.74) is 0.237. The second kappa shape index (κ2) is 10.7. The quantitative estimate of drug-likeness (QED) is 0.369. The fourth-order valence-corrected chi connectivity index (χ4v) is 4.54. The molecule has 1 aliphatic heterocycles. The molecule has 0 aliphatic carbocycles. The Kier molecular flexibility index (Phi) is 7.83. The van der Waals surface area contributed by atoms with Crippen molar-refractivity contribution in [3.8, 4) is 17.2 Å². The highest BCUT2D eigenvalue weighted by molar-refractivity contribution is 6.33. The Bertz CT molecular complexity index is 1320. The van der Waals surface area contributed by atoms with Gasteiger partial charge in [-0.15, -0.1) is 10.2 Å². The van der Waals surface area contributed by atoms with Crippen LogP contribution >= 0.6 is 23.2 Å². The highest BCUT2D eigenvalue weighted by Gasteiger charge is 2.44. The second-order valence-corrected chi connectivity index (χ2v) is 8.76. The highest BCUT2D eigenvalue weighted by Crippen LogP contribution is 2.49. The van der Waals surface area contributed by atoms with Gasteiger partial charge in [0.05, 0.1) is 30.8 Å². The maximum Gasteiger partial charge on any atom is 0.452 e. The topological polar surface area (TPSA) is 116 Å². The maximum absolute atomic E-state index is 14.1. The van der Waals surface area contributed by atoms with Crippen molar-refractivity contribution < 1.29 is 42.4 Å². The summed E-state index contributed by atoms with van der Waals surface area (Å²) >= 11 is 12.9. The Balaban J connectivity index is 2.07. The molecule has 9 nitrogen and oxygen atoms in total. The van der Waals surface area contributed by atoms with Gasteiger partial charge in [-0.25, -0.2) is 0 Å². The van der Waals surface area contributed by atoms with E-state index in [0.717, 1.165) is 0 Å². The van der Waals surface area contributed by atoms with Crippen LogP contribution in [0.4, 0.5) is 13.2 Å². The van der Waals surface area contributed by atoms with Crippen LogP contribution in [0.25, 0.3) is 5.69 Å². The van der Waals surface area contributed by atoms with Crippen LogP contribution in [0.15, 0.2) is 30.3 Å². The first-order chi connectivity index (χ1) is 17.6. The van der Waals surface area contributed by atoms with Crippen LogP contribution in [0.3, 0.4) is 0 Å². The third-order valence-electron chi connectivity index (χ3n) is 5.52. The summed E-state index contributed by atoms with van der Waals surface area (Å²) in [5, 5.41) is 25.9. The third-order valence-corrected chi connectivity index (χ3v) is 6.14. The zero-order chi connectivity index (χ0) is 26.9. The third kappa shape index (κ3) is 5.33. The molecule has 2 atom stereocenters. The van der Waals surface area contributed by atoms with E-state index in [9.17, 15) is 23.1 Å². The van der Waals surface area contributed by atoms with Crippen LogP contribution in [-0.2, 0) is 15.7 Å². The van der Waals surface area contributed by atoms with E-state index in [1.165, 1.54) is 19.2 Å². The Labute approximate surface area is 218 Å². The van der Waals surface area contributed by atoms with Gasteiger partial charge in [0.25, 0.3) is 0 Å². The maximum atomic E-state index is 14.1. The van der Waals surface area contributed by atoms with Crippen molar-refractivity contribution in [1.29, 1.82) is 0 Å². The van der Waals surface area contributed by atoms with Crippen LogP contribution in [0.5, 0.6) is 11.5 Å². The number of carboxylic acids is 1. The molecule has 2 N–H and O–H groups in total. The average Bonchev–Trinajstić information content (AvgIpc) is 3.22. The summed E-state index contributed by atoms with van der Waals surface area (Å²) in [4.78, 5) is 11.7. The van der Waals surface area contributed by atoms with Gasteiger partial charge in [-0.3, -0.25) is 9.36 Å². The van der Waals surface area contributed by atoms with Gasteiger partial charge in [0.15, 0.2) is 5.82 Å². The molecule has 0 saturated carbocycles. The average molecular weight is 562 g/mol. The number of aliphatic carboxylic acids is 1. The zero-order valence-corrected chi connectivity index (χ0v) is 20.6. The van der Waals surface area contributed by atoms with Gasteiger partial charge >= 0.3 is 12.1 Å². The summed E-state index contributed by atoms with van der Waals surface area (Å²) < 4.78 is 60.2. The summed E-state index contributed by atoms with van der Waals surface area (Å²) in [6, 6.07) is 7.44. The number of methoxy groups -OCH3 is 1. The summed E-state index contributed by atoms with van der Waals surface area (Å²) in [6.45, 7) is -0.271. The van der Waals surface area contributed by atoms with E-state index in [2.05, 4.69) is 10.2 Å². The number of aliphatic hydroxyl groups excluding tert-OH is 1. The van der Waals surface area contributed by atoms with Crippen molar-refractivity contribution >= 4 is 29.2 Å². The number of carboxylic acid groups (broad SMARTS) is 1. The number of ether oxygens (including phenoxy) is 3. The largest absolute Gasteiger partial charge is 0.495 e. The number of alkyl halides is 3. The van der Waals surface area contributed by atoms with E-state index < -0.39 is 42.4 Å². The van der Waals surface area contributed by atoms with E-state index in [-0.39, 0.29) is 58.0 Å². The minimum absolute atomic E-state index is 0.0495. The standard InChI is InChI=1S/C23H20Cl2F3N3O6/c1-35-14-5-2-4-12(18(14)25)20-13-8-11(24)9-15(36-7-3-6-32)19(13)31-21(16(37-20)10-17(33)34)29-30-22(31)23(26,27)28/h2,4-5,8-9,16,20,32H,3,6-7,10H2,1H3,(H,33,34). The number of benzene rings is 2. The van der Waals surface area contributed by atoms with Crippen molar-refractivity contribution in [3.63, 3.8) is 0 Å². The number of fused-ring (bicyclic) bond motifs is 3. The van der Waals surface area contributed by atoms with Crippen molar-refractivity contribution in [3.05, 3.63) is 63.2 Å². The normalized spacial score (nSPS) is 17.1. The molecule has 1 aromatic heterocycles. The molecule has 14 heteroatoms.